The summed E-state index contributed by atoms with van der Waals surface area (Å²) in [6.07, 6.45) is 3.44. The summed E-state index contributed by atoms with van der Waals surface area (Å²) in [4.78, 5) is 40.5. The van der Waals surface area contributed by atoms with Crippen LogP contribution in [0.3, 0.4) is 0 Å². The minimum Gasteiger partial charge on any atom is -0.467 e. The highest BCUT2D eigenvalue weighted by Gasteiger charge is 2.50. The number of hydrazone groups is 1. The van der Waals surface area contributed by atoms with Crippen LogP contribution in [0.25, 0.3) is 0 Å². The van der Waals surface area contributed by atoms with Gasteiger partial charge in [-0.3, -0.25) is 14.5 Å². The van der Waals surface area contributed by atoms with E-state index >= 15 is 0 Å². The molecule has 0 aliphatic carbocycles. The van der Waals surface area contributed by atoms with E-state index in [0.29, 0.717) is 35.1 Å². The lowest BCUT2D eigenvalue weighted by atomic mass is 9.90. The summed E-state index contributed by atoms with van der Waals surface area (Å²) in [6, 6.07) is 13.4. The molecule has 3 aromatic rings. The van der Waals surface area contributed by atoms with Crippen molar-refractivity contribution in [2.75, 3.05) is 6.54 Å². The molecule has 1 N–H and O–H groups in total. The SMILES string of the molecule is CC(C)c1ccc(C2(C)NC(=O)N(CC(=O)N3N=C(c4ccco4)CC3c3ccco3)C2=O)cc1. The number of nitrogens with zero attached hydrogens (tertiary/aromatic N) is 3. The van der Waals surface area contributed by atoms with E-state index in [-0.39, 0.29) is 0 Å². The van der Waals surface area contributed by atoms with E-state index in [1.165, 1.54) is 17.5 Å². The molecule has 1 fully saturated rings. The van der Waals surface area contributed by atoms with Crippen LogP contribution in [0, 0.1) is 0 Å². The van der Waals surface area contributed by atoms with E-state index in [9.17, 15) is 14.4 Å². The van der Waals surface area contributed by atoms with Crippen molar-refractivity contribution in [3.63, 3.8) is 0 Å². The van der Waals surface area contributed by atoms with Crippen LogP contribution in [0.1, 0.15) is 61.8 Å². The summed E-state index contributed by atoms with van der Waals surface area (Å²) in [7, 11) is 0. The zero-order valence-corrected chi connectivity index (χ0v) is 19.7. The standard InChI is InChI=1S/C26H26N4O5/c1-16(2)17-8-10-18(11-9-17)26(3)24(32)29(25(33)27-26)15-23(31)30-20(22-7-5-13-35-22)14-19(28-30)21-6-4-12-34-21/h4-13,16,20H,14-15H2,1-3H3,(H,27,33). The van der Waals surface area contributed by atoms with Crippen LogP contribution in [0.5, 0.6) is 0 Å². The molecule has 4 heterocycles. The van der Waals surface area contributed by atoms with Crippen molar-refractivity contribution < 1.29 is 23.2 Å². The van der Waals surface area contributed by atoms with Gasteiger partial charge in [0.2, 0.25) is 0 Å². The molecule has 2 aromatic heterocycles. The first kappa shape index (κ1) is 22.6. The Bertz CT molecular complexity index is 1280. The molecule has 0 radical (unpaired) electrons. The first-order valence-corrected chi connectivity index (χ1v) is 11.5. The van der Waals surface area contributed by atoms with Crippen LogP contribution < -0.4 is 5.32 Å². The maximum atomic E-state index is 13.4. The van der Waals surface area contributed by atoms with E-state index in [1.54, 1.807) is 31.2 Å². The fourth-order valence-electron chi connectivity index (χ4n) is 4.48. The molecule has 0 saturated carbocycles. The quantitative estimate of drug-likeness (QED) is 0.540. The van der Waals surface area contributed by atoms with E-state index in [0.717, 1.165) is 10.5 Å². The molecule has 5 rings (SSSR count). The topological polar surface area (TPSA) is 108 Å². The molecule has 2 aliphatic heterocycles. The van der Waals surface area contributed by atoms with Crippen LogP contribution in [-0.4, -0.2) is 40.0 Å². The molecule has 9 nitrogen and oxygen atoms in total. The fourth-order valence-corrected chi connectivity index (χ4v) is 4.48. The van der Waals surface area contributed by atoms with Crippen LogP contribution in [0.4, 0.5) is 4.79 Å². The maximum Gasteiger partial charge on any atom is 0.325 e. The van der Waals surface area contributed by atoms with E-state index in [2.05, 4.69) is 24.3 Å². The Balaban J connectivity index is 1.38. The number of amides is 4. The molecule has 2 atom stereocenters. The Morgan fingerprint density at radius 3 is 2.46 bits per heavy atom. The maximum absolute atomic E-state index is 13.4. The number of benzene rings is 1. The average molecular weight is 475 g/mol. The molecule has 4 amide bonds. The normalized spacial score (nSPS) is 22.2. The second-order valence-corrected chi connectivity index (χ2v) is 9.22. The second-order valence-electron chi connectivity index (χ2n) is 9.22. The largest absolute Gasteiger partial charge is 0.467 e. The van der Waals surface area contributed by atoms with Gasteiger partial charge in [-0.2, -0.15) is 5.10 Å². The van der Waals surface area contributed by atoms with E-state index in [4.69, 9.17) is 8.83 Å². The van der Waals surface area contributed by atoms with Gasteiger partial charge in [0.1, 0.15) is 35.4 Å². The van der Waals surface area contributed by atoms with Gasteiger partial charge >= 0.3 is 6.03 Å². The summed E-state index contributed by atoms with van der Waals surface area (Å²) in [5, 5.41) is 8.48. The number of nitrogens with one attached hydrogen (secondary N) is 1. The highest BCUT2D eigenvalue weighted by Crippen LogP contribution is 2.34. The number of urea groups is 1. The van der Waals surface area contributed by atoms with Gasteiger partial charge in [0.15, 0.2) is 0 Å². The van der Waals surface area contributed by atoms with Crippen molar-refractivity contribution in [2.24, 2.45) is 5.10 Å². The fraction of sp³-hybridized carbons (Fsp3) is 0.308. The third-order valence-corrected chi connectivity index (χ3v) is 6.57. The molecule has 0 spiro atoms. The van der Waals surface area contributed by atoms with Crippen molar-refractivity contribution in [3.8, 4) is 0 Å². The molecule has 2 unspecified atom stereocenters. The molecule has 180 valence electrons. The number of carbonyl (C=O) groups is 3. The minimum atomic E-state index is -1.26. The van der Waals surface area contributed by atoms with Crippen molar-refractivity contribution >= 4 is 23.6 Å². The van der Waals surface area contributed by atoms with Crippen LogP contribution in [-0.2, 0) is 15.1 Å². The minimum absolute atomic E-state index is 0.342. The Hall–Kier alpha value is -4.14. The summed E-state index contributed by atoms with van der Waals surface area (Å²) < 4.78 is 11.0. The third kappa shape index (κ3) is 3.92. The lowest BCUT2D eigenvalue weighted by Crippen LogP contribution is -2.43. The monoisotopic (exact) mass is 474 g/mol. The van der Waals surface area contributed by atoms with E-state index in [1.807, 2.05) is 24.3 Å². The van der Waals surface area contributed by atoms with Crippen LogP contribution >= 0.6 is 0 Å². The molecule has 1 aromatic carbocycles. The van der Waals surface area contributed by atoms with Crippen LogP contribution in [0.2, 0.25) is 0 Å². The molecule has 35 heavy (non-hydrogen) atoms. The van der Waals surface area contributed by atoms with Crippen LogP contribution in [0.15, 0.2) is 75.0 Å². The van der Waals surface area contributed by atoms with Crippen molar-refractivity contribution in [2.45, 2.75) is 44.7 Å². The Morgan fingerprint density at radius 1 is 1.11 bits per heavy atom. The average Bonchev–Trinajstić information content (AvgIpc) is 3.64. The molecule has 0 bridgehead atoms. The lowest BCUT2D eigenvalue weighted by molar-refractivity contribution is -0.140. The van der Waals surface area contributed by atoms with Gasteiger partial charge < -0.3 is 14.2 Å². The van der Waals surface area contributed by atoms with Crippen molar-refractivity contribution in [3.05, 3.63) is 83.7 Å². The Labute approximate surface area is 202 Å². The molecule has 2 aliphatic rings. The third-order valence-electron chi connectivity index (χ3n) is 6.57. The first-order chi connectivity index (χ1) is 16.8. The lowest BCUT2D eigenvalue weighted by Gasteiger charge is -2.24. The molecule has 9 heteroatoms. The second kappa shape index (κ2) is 8.57. The molecular weight excluding hydrogens is 448 g/mol. The van der Waals surface area contributed by atoms with Crippen molar-refractivity contribution in [1.82, 2.24) is 15.2 Å². The summed E-state index contributed by atoms with van der Waals surface area (Å²) >= 11 is 0. The number of furan rings is 2. The van der Waals surface area contributed by atoms with Gasteiger partial charge in [-0.05, 0) is 48.2 Å². The predicted molar refractivity (Wildman–Crippen MR) is 126 cm³/mol. The highest BCUT2D eigenvalue weighted by molar-refractivity contribution is 6.09. The summed E-state index contributed by atoms with van der Waals surface area (Å²) in [5.41, 5.74) is 1.10. The number of rotatable bonds is 6. The molecule has 1 saturated heterocycles. The number of carbonyl (C=O) groups excluding carboxylic acids is 3. The Kier molecular flexibility index (Phi) is 5.55. The van der Waals surface area contributed by atoms with Gasteiger partial charge in [-0.15, -0.1) is 0 Å². The zero-order valence-electron chi connectivity index (χ0n) is 19.7. The van der Waals surface area contributed by atoms with Gasteiger partial charge in [0, 0.05) is 6.42 Å². The van der Waals surface area contributed by atoms with Crippen molar-refractivity contribution in [1.29, 1.82) is 0 Å². The van der Waals surface area contributed by atoms with Gasteiger partial charge in [-0.25, -0.2) is 9.80 Å². The smallest absolute Gasteiger partial charge is 0.325 e. The summed E-state index contributed by atoms with van der Waals surface area (Å²) in [6.45, 7) is 5.37. The first-order valence-electron chi connectivity index (χ1n) is 11.5. The Morgan fingerprint density at radius 2 is 1.83 bits per heavy atom. The number of hydrogen-bond acceptors (Lipinski definition) is 6. The van der Waals surface area contributed by atoms with Gasteiger partial charge in [0.25, 0.3) is 11.8 Å². The highest BCUT2D eigenvalue weighted by atomic mass is 16.3. The van der Waals surface area contributed by atoms with Gasteiger partial charge in [0.05, 0.1) is 12.5 Å². The van der Waals surface area contributed by atoms with E-state index < -0.39 is 36.0 Å². The predicted octanol–water partition coefficient (Wildman–Crippen LogP) is 4.14. The zero-order chi connectivity index (χ0) is 24.7. The number of imide groups is 1. The summed E-state index contributed by atoms with van der Waals surface area (Å²) in [5.74, 6) is 0.447. The number of hydrogen-bond donors (Lipinski definition) is 1. The van der Waals surface area contributed by atoms with Gasteiger partial charge in [-0.1, -0.05) is 38.1 Å². The molecular formula is C26H26N4O5.